The number of carbonyl (C=O) groups excluding carboxylic acids is 2. The van der Waals surface area contributed by atoms with Gasteiger partial charge in [-0.3, -0.25) is 14.2 Å². The second-order valence-corrected chi connectivity index (χ2v) is 8.75. The highest BCUT2D eigenvalue weighted by molar-refractivity contribution is 7.07. The van der Waals surface area contributed by atoms with Gasteiger partial charge in [-0.1, -0.05) is 35.6 Å². The summed E-state index contributed by atoms with van der Waals surface area (Å²) in [5.74, 6) is 0.113. The van der Waals surface area contributed by atoms with E-state index in [-0.39, 0.29) is 17.7 Å². The van der Waals surface area contributed by atoms with E-state index in [1.54, 1.807) is 51.3 Å². The monoisotopic (exact) mass is 492 g/mol. The lowest BCUT2D eigenvalue weighted by Crippen LogP contribution is -2.39. The lowest BCUT2D eigenvalue weighted by atomic mass is 9.96. The molecule has 0 saturated heterocycles. The van der Waals surface area contributed by atoms with Gasteiger partial charge in [-0.25, -0.2) is 9.79 Å². The molecule has 0 bridgehead atoms. The van der Waals surface area contributed by atoms with Crippen LogP contribution in [0.25, 0.3) is 6.08 Å². The van der Waals surface area contributed by atoms with Crippen molar-refractivity contribution in [2.45, 2.75) is 26.8 Å². The molecular weight excluding hydrogens is 468 g/mol. The Morgan fingerprint density at radius 1 is 1.09 bits per heavy atom. The first-order chi connectivity index (χ1) is 16.8. The first-order valence-electron chi connectivity index (χ1n) is 10.9. The molecule has 0 unspecified atom stereocenters. The highest BCUT2D eigenvalue weighted by atomic mass is 32.1. The molecule has 1 aliphatic rings. The molecule has 1 atom stereocenters. The fourth-order valence-electron chi connectivity index (χ4n) is 3.84. The molecule has 9 heteroatoms. The third kappa shape index (κ3) is 4.95. The lowest BCUT2D eigenvalue weighted by molar-refractivity contribution is -0.139. The Bertz CT molecular complexity index is 1480. The van der Waals surface area contributed by atoms with Crippen molar-refractivity contribution >= 4 is 29.4 Å². The molecule has 180 valence electrons. The average Bonchev–Trinajstić information content (AvgIpc) is 3.13. The van der Waals surface area contributed by atoms with Gasteiger partial charge in [0.1, 0.15) is 11.5 Å². The van der Waals surface area contributed by atoms with Gasteiger partial charge >= 0.3 is 11.9 Å². The number of rotatable bonds is 6. The van der Waals surface area contributed by atoms with Crippen molar-refractivity contribution in [3.63, 3.8) is 0 Å². The summed E-state index contributed by atoms with van der Waals surface area (Å²) in [5, 5.41) is 0. The molecule has 1 aliphatic heterocycles. The number of esters is 2. The Morgan fingerprint density at radius 2 is 1.74 bits per heavy atom. The number of fused-ring (bicyclic) bond motifs is 1. The van der Waals surface area contributed by atoms with E-state index in [0.29, 0.717) is 26.3 Å². The molecule has 0 radical (unpaired) electrons. The van der Waals surface area contributed by atoms with Gasteiger partial charge in [-0.05, 0) is 55.3 Å². The summed E-state index contributed by atoms with van der Waals surface area (Å²) < 4.78 is 17.6. The molecule has 0 amide bonds. The van der Waals surface area contributed by atoms with Crippen LogP contribution in [0.1, 0.15) is 37.9 Å². The molecule has 8 nitrogen and oxygen atoms in total. The summed E-state index contributed by atoms with van der Waals surface area (Å²) in [7, 11) is 1.59. The Balaban J connectivity index is 1.88. The van der Waals surface area contributed by atoms with Crippen molar-refractivity contribution in [3.8, 4) is 11.5 Å². The van der Waals surface area contributed by atoms with Gasteiger partial charge in [0.05, 0.1) is 35.6 Å². The molecule has 2 heterocycles. The molecule has 0 aliphatic carbocycles. The smallest absolute Gasteiger partial charge is 0.338 e. The number of benzene rings is 2. The van der Waals surface area contributed by atoms with Crippen LogP contribution in [0.15, 0.2) is 69.6 Å². The predicted octanol–water partition coefficient (Wildman–Crippen LogP) is 2.73. The average molecular weight is 493 g/mol. The van der Waals surface area contributed by atoms with Crippen LogP contribution in [0.4, 0.5) is 0 Å². The fraction of sp³-hybridized carbons (Fsp3) is 0.231. The van der Waals surface area contributed by atoms with Crippen molar-refractivity contribution in [1.82, 2.24) is 4.57 Å². The maximum atomic E-state index is 13.6. The van der Waals surface area contributed by atoms with E-state index in [0.717, 1.165) is 11.3 Å². The summed E-state index contributed by atoms with van der Waals surface area (Å²) in [6.45, 7) is 4.96. The largest absolute Gasteiger partial charge is 0.497 e. The number of methoxy groups -OCH3 is 1. The summed E-state index contributed by atoms with van der Waals surface area (Å²) >= 11 is 1.25. The SMILES string of the molecule is CCOC(=O)C1=C(C)N=c2sc(=Cc3ccc(OC)cc3)c(=O)n2[C@@H]1c1ccc(OC(C)=O)cc1. The van der Waals surface area contributed by atoms with Gasteiger partial charge in [0.15, 0.2) is 4.80 Å². The van der Waals surface area contributed by atoms with Crippen LogP contribution in [0.5, 0.6) is 11.5 Å². The fourth-order valence-corrected chi connectivity index (χ4v) is 4.89. The number of hydrogen-bond acceptors (Lipinski definition) is 8. The number of allylic oxidation sites excluding steroid dienone is 1. The molecule has 0 fully saturated rings. The number of carbonyl (C=O) groups is 2. The van der Waals surface area contributed by atoms with Crippen LogP contribution in [0.2, 0.25) is 0 Å². The van der Waals surface area contributed by atoms with E-state index in [1.807, 2.05) is 24.3 Å². The van der Waals surface area contributed by atoms with Gasteiger partial charge in [0.2, 0.25) is 0 Å². The van der Waals surface area contributed by atoms with E-state index in [1.165, 1.54) is 22.8 Å². The second kappa shape index (κ2) is 10.1. The molecule has 35 heavy (non-hydrogen) atoms. The Morgan fingerprint density at radius 3 is 2.34 bits per heavy atom. The van der Waals surface area contributed by atoms with E-state index in [9.17, 15) is 14.4 Å². The van der Waals surface area contributed by atoms with Crippen LogP contribution in [0.3, 0.4) is 0 Å². The summed E-state index contributed by atoms with van der Waals surface area (Å²) in [6.07, 6.45) is 1.79. The zero-order valence-corrected chi connectivity index (χ0v) is 20.5. The summed E-state index contributed by atoms with van der Waals surface area (Å²) in [5.41, 5.74) is 1.99. The van der Waals surface area contributed by atoms with Crippen molar-refractivity contribution in [2.75, 3.05) is 13.7 Å². The number of hydrogen-bond donors (Lipinski definition) is 0. The topological polar surface area (TPSA) is 96.2 Å². The highest BCUT2D eigenvalue weighted by Crippen LogP contribution is 2.31. The Labute approximate surface area is 205 Å². The van der Waals surface area contributed by atoms with Crippen molar-refractivity contribution in [1.29, 1.82) is 0 Å². The van der Waals surface area contributed by atoms with Crippen LogP contribution in [-0.2, 0) is 14.3 Å². The first-order valence-corrected chi connectivity index (χ1v) is 11.8. The van der Waals surface area contributed by atoms with Crippen LogP contribution < -0.4 is 24.4 Å². The molecule has 3 aromatic rings. The summed E-state index contributed by atoms with van der Waals surface area (Å²) in [4.78, 5) is 42.9. The van der Waals surface area contributed by atoms with Gasteiger partial charge < -0.3 is 14.2 Å². The highest BCUT2D eigenvalue weighted by Gasteiger charge is 2.33. The number of aromatic nitrogens is 1. The maximum Gasteiger partial charge on any atom is 0.338 e. The summed E-state index contributed by atoms with van der Waals surface area (Å²) in [6, 6.07) is 13.3. The lowest BCUT2D eigenvalue weighted by Gasteiger charge is -2.24. The third-order valence-corrected chi connectivity index (χ3v) is 6.37. The van der Waals surface area contributed by atoms with Gasteiger partial charge in [0.25, 0.3) is 5.56 Å². The third-order valence-electron chi connectivity index (χ3n) is 5.39. The van der Waals surface area contributed by atoms with Gasteiger partial charge in [-0.2, -0.15) is 0 Å². The second-order valence-electron chi connectivity index (χ2n) is 7.74. The van der Waals surface area contributed by atoms with Crippen molar-refractivity contribution in [2.24, 2.45) is 4.99 Å². The maximum absolute atomic E-state index is 13.6. The zero-order chi connectivity index (χ0) is 25.1. The number of ether oxygens (including phenoxy) is 3. The van der Waals surface area contributed by atoms with Crippen LogP contribution >= 0.6 is 11.3 Å². The Hall–Kier alpha value is -3.98. The molecule has 0 saturated carbocycles. The minimum atomic E-state index is -0.741. The van der Waals surface area contributed by atoms with E-state index >= 15 is 0 Å². The van der Waals surface area contributed by atoms with Gasteiger partial charge in [-0.15, -0.1) is 0 Å². The molecular formula is C26H24N2O6S. The van der Waals surface area contributed by atoms with Gasteiger partial charge in [0, 0.05) is 6.92 Å². The first kappa shape index (κ1) is 24.2. The van der Waals surface area contributed by atoms with Crippen LogP contribution in [-0.4, -0.2) is 30.2 Å². The number of thiazole rings is 1. The minimum absolute atomic E-state index is 0.190. The van der Waals surface area contributed by atoms with Crippen LogP contribution in [0, 0.1) is 0 Å². The molecule has 1 aromatic heterocycles. The zero-order valence-electron chi connectivity index (χ0n) is 19.7. The van der Waals surface area contributed by atoms with E-state index in [2.05, 4.69) is 4.99 Å². The Kier molecular flexibility index (Phi) is 6.97. The quantitative estimate of drug-likeness (QED) is 0.388. The number of nitrogens with zero attached hydrogens (tertiary/aromatic N) is 2. The molecule has 2 aromatic carbocycles. The molecule has 0 N–H and O–H groups in total. The standard InChI is InChI=1S/C26H24N2O6S/c1-5-33-25(31)22-15(2)27-26-28(23(22)18-8-12-20(13-9-18)34-16(3)29)24(30)21(35-26)14-17-6-10-19(32-4)11-7-17/h6-14,23H,5H2,1-4H3/t23-/m1/s1. The minimum Gasteiger partial charge on any atom is -0.497 e. The molecule has 0 spiro atoms. The van der Waals surface area contributed by atoms with Crippen molar-refractivity contribution in [3.05, 3.63) is 90.6 Å². The van der Waals surface area contributed by atoms with Crippen molar-refractivity contribution < 1.29 is 23.8 Å². The normalized spacial score (nSPS) is 15.3. The molecule has 4 rings (SSSR count). The van der Waals surface area contributed by atoms with E-state index < -0.39 is 18.0 Å². The predicted molar refractivity (Wildman–Crippen MR) is 131 cm³/mol. The van der Waals surface area contributed by atoms with E-state index in [4.69, 9.17) is 14.2 Å².